The van der Waals surface area contributed by atoms with E-state index in [-0.39, 0.29) is 64.0 Å². The van der Waals surface area contributed by atoms with Gasteiger partial charge in [0.25, 0.3) is 11.8 Å². The summed E-state index contributed by atoms with van der Waals surface area (Å²) in [7, 11) is 6.13. The molecule has 2 amide bonds. The number of hydrogen-bond acceptors (Lipinski definition) is 25. The largest absolute Gasteiger partial charge is 0.508 e. The predicted octanol–water partition coefficient (Wildman–Crippen LogP) is 0.858. The minimum absolute atomic E-state index is 0.0492. The van der Waals surface area contributed by atoms with Gasteiger partial charge < -0.3 is 83.6 Å². The van der Waals surface area contributed by atoms with Gasteiger partial charge in [-0.2, -0.15) is 0 Å². The fourth-order valence-corrected chi connectivity index (χ4v) is 15.4. The summed E-state index contributed by atoms with van der Waals surface area (Å²) in [4.78, 5) is 118. The zero-order valence-corrected chi connectivity index (χ0v) is 50.7. The average molecular weight is 1270 g/mol. The predicted molar refractivity (Wildman–Crippen MR) is 321 cm³/mol. The lowest BCUT2D eigenvalue weighted by Crippen LogP contribution is -2.67. The number of ketones is 7. The summed E-state index contributed by atoms with van der Waals surface area (Å²) in [6, 6.07) is 8.60. The van der Waals surface area contributed by atoms with E-state index in [0.29, 0.717) is 34.1 Å². The number of aryl methyl sites for hydroxylation is 2. The van der Waals surface area contributed by atoms with Crippen molar-refractivity contribution in [3.8, 4) is 23.0 Å². The Bertz CT molecular complexity index is 4300. The average Bonchev–Trinajstić information content (AvgIpc) is 0.710. The Morgan fingerprint density at radius 3 is 1.55 bits per heavy atom. The summed E-state index contributed by atoms with van der Waals surface area (Å²) in [6.45, 7) is 5.75. The van der Waals surface area contributed by atoms with Crippen LogP contribution >= 0.6 is 0 Å². The molecule has 2 fully saturated rings. The summed E-state index contributed by atoms with van der Waals surface area (Å²) in [5, 5.41) is 142. The number of benzene rings is 4. The molecule has 0 aromatic heterocycles. The van der Waals surface area contributed by atoms with E-state index in [1.54, 1.807) is 52.2 Å². The zero-order chi connectivity index (χ0) is 68.3. The Kier molecular flexibility index (Phi) is 15.5. The molecule has 8 aliphatic rings. The van der Waals surface area contributed by atoms with Crippen LogP contribution in [0.25, 0.3) is 22.3 Å². The van der Waals surface area contributed by atoms with E-state index >= 15 is 0 Å². The van der Waals surface area contributed by atoms with E-state index in [1.165, 1.54) is 55.1 Å². The van der Waals surface area contributed by atoms with Gasteiger partial charge in [0.1, 0.15) is 68.5 Å². The number of primary amides is 2. The smallest absolute Gasteiger partial charge is 0.255 e. The van der Waals surface area contributed by atoms with Crippen molar-refractivity contribution in [3.05, 3.63) is 138 Å². The van der Waals surface area contributed by atoms with Crippen LogP contribution in [0.2, 0.25) is 0 Å². The fraction of sp³-hybridized carbons (Fsp3) is 0.369. The number of phenols is 4. The second-order valence-electron chi connectivity index (χ2n) is 25.3. The molecule has 484 valence electrons. The van der Waals surface area contributed by atoms with Gasteiger partial charge in [-0.25, -0.2) is 0 Å². The number of aliphatic hydroxyl groups is 9. The summed E-state index contributed by atoms with van der Waals surface area (Å²) < 4.78 is 0. The molecule has 4 aromatic rings. The van der Waals surface area contributed by atoms with Crippen LogP contribution in [0.5, 0.6) is 23.0 Å². The second kappa shape index (κ2) is 21.8. The van der Waals surface area contributed by atoms with Crippen molar-refractivity contribution < 1.29 is 110 Å². The third-order valence-corrected chi connectivity index (χ3v) is 20.0. The van der Waals surface area contributed by atoms with E-state index in [2.05, 4.69) is 0 Å². The Morgan fingerprint density at radius 1 is 0.554 bits per heavy atom. The van der Waals surface area contributed by atoms with Gasteiger partial charge in [0, 0.05) is 34.8 Å². The van der Waals surface area contributed by atoms with Crippen LogP contribution in [-0.4, -0.2) is 192 Å². The quantitative estimate of drug-likeness (QED) is 0.123. The Morgan fingerprint density at radius 2 is 1.03 bits per heavy atom. The molecule has 0 aliphatic heterocycles. The zero-order valence-electron chi connectivity index (χ0n) is 50.7. The van der Waals surface area contributed by atoms with Gasteiger partial charge in [0.15, 0.2) is 39.9 Å². The monoisotopic (exact) mass is 1270 g/mol. The summed E-state index contributed by atoms with van der Waals surface area (Å²) in [5.74, 6) is -20.1. The minimum atomic E-state index is -2.75. The number of phenolic OH excluding ortho intramolecular Hbond substituents is 4. The first-order valence-corrected chi connectivity index (χ1v) is 28.9. The lowest BCUT2D eigenvalue weighted by atomic mass is 9.54. The third kappa shape index (κ3) is 8.70. The fourth-order valence-electron chi connectivity index (χ4n) is 15.4. The Hall–Kier alpha value is -9.61. The van der Waals surface area contributed by atoms with Crippen LogP contribution in [0.3, 0.4) is 0 Å². The van der Waals surface area contributed by atoms with Crippen molar-refractivity contribution >= 4 is 74.6 Å². The molecule has 92 heavy (non-hydrogen) atoms. The molecule has 27 nitrogen and oxygen atoms in total. The van der Waals surface area contributed by atoms with Crippen LogP contribution in [0, 0.1) is 43.4 Å². The van der Waals surface area contributed by atoms with Crippen LogP contribution in [-0.2, 0) is 56.8 Å². The highest BCUT2D eigenvalue weighted by Gasteiger charge is 2.68. The van der Waals surface area contributed by atoms with Crippen LogP contribution in [0.1, 0.15) is 76.0 Å². The number of carbonyl (C=O) groups is 9. The van der Waals surface area contributed by atoms with Gasteiger partial charge in [-0.3, -0.25) is 53.0 Å². The van der Waals surface area contributed by atoms with Crippen LogP contribution < -0.4 is 17.2 Å². The lowest BCUT2D eigenvalue weighted by molar-refractivity contribution is -0.159. The summed E-state index contributed by atoms with van der Waals surface area (Å²) in [6.07, 6.45) is 0.0858. The van der Waals surface area contributed by atoms with Crippen LogP contribution in [0.4, 0.5) is 0 Å². The number of nitrogens with zero attached hydrogens (tertiary/aromatic N) is 2. The topological polar surface area (TPSA) is 501 Å². The number of likely N-dealkylation sites (N-methyl/N-ethyl adjacent to an activating group) is 2. The Balaban J connectivity index is 0.000000151. The number of aromatic hydroxyl groups is 4. The number of hydrogen-bond donors (Lipinski definition) is 16. The molecule has 4 aromatic carbocycles. The number of amides is 2. The number of fused-ring (bicyclic) bond motifs is 9. The van der Waals surface area contributed by atoms with Crippen molar-refractivity contribution in [2.45, 2.75) is 93.9 Å². The number of carbonyl (C=O) groups excluding carboxylic acids is 9. The molecule has 2 saturated carbocycles. The van der Waals surface area contributed by atoms with Gasteiger partial charge in [-0.15, -0.1) is 0 Å². The molecule has 0 saturated heterocycles. The van der Waals surface area contributed by atoms with Crippen LogP contribution in [0.15, 0.2) is 93.7 Å². The van der Waals surface area contributed by atoms with Gasteiger partial charge in [0.2, 0.25) is 17.3 Å². The normalized spacial score (nSPS) is 30.5. The number of rotatable bonds is 5. The SMILES string of the molecule is CC(=O)C1=C(O)[C@@]2(O)C(=O)c3c(c(C)c4ccc(C)c(O)c4c3O)C[C@H]2[C@@H](N)C1=O.CN(C)[C@@H]1C(=O)C(C(N)=O)=C(O)[C@@]2(O)C(=O)C3=C(O)c4c(O)cccc4C[C@H]3C[C@@H]12.CN(C)[C@@H]1C(=O)C(C(N)=O)=C(O)[C@@]2(O)C(=O)C3=C(O)c4c(O)cccc4[C@@](C)(O)[C@H]3C[C@@H]12. The van der Waals surface area contributed by atoms with E-state index < -0.39 is 185 Å². The minimum Gasteiger partial charge on any atom is -0.508 e. The van der Waals surface area contributed by atoms with E-state index in [9.17, 15) is 110 Å². The van der Waals surface area contributed by atoms with Crippen molar-refractivity contribution in [2.75, 3.05) is 28.2 Å². The summed E-state index contributed by atoms with van der Waals surface area (Å²) >= 11 is 0. The molecular weight excluding hydrogens is 1200 g/mol. The first-order valence-electron chi connectivity index (χ1n) is 28.9. The molecule has 0 bridgehead atoms. The van der Waals surface area contributed by atoms with E-state index in [0.717, 1.165) is 6.92 Å². The standard InChI is InChI=1S/C22H24N2O8.C22H21NO7.C21H22N2O7/c1-21(31)8-5-4-6-11(25)12(8)16(26)13-9(21)7-10-15(24(2)3)17(27)14(20(23)30)19(29)22(10,32)18(13)28;1-7-4-5-10-8(2)11-6-12-16(23)19(27)13(9(3)24)20(28)22(12,30)21(29)15(11)18(26)14(10)17(7)25;1-23(2)15-10-7-9-6-8-4-3-5-11(24)12(8)16(25)13(9)18(27)21(10,30)19(28)14(17(15)26)20(22)29/h4-6,9-10,15,25-26,29,31-32H,7H2,1-3H3,(H2,23,30);4-5,12,16,25-26,28,30H,6,23H2,1-3H3;3-5,9-10,15,24-25,28,30H,6-7H2,1-2H3,(H2,22,29)/t9-,10-,15-,21+,22-;12-,16+,22+;9-,10-,15-,21-/m000/s1. The maximum Gasteiger partial charge on any atom is 0.255 e. The lowest BCUT2D eigenvalue weighted by Gasteiger charge is -2.53. The second-order valence-corrected chi connectivity index (χ2v) is 25.3. The number of Topliss-reactive ketones (excluding diaryl/α,β-unsaturated/α-hetero) is 7. The van der Waals surface area contributed by atoms with Gasteiger partial charge in [-0.05, 0) is 133 Å². The number of aliphatic hydroxyl groups excluding tert-OH is 5. The molecule has 12 rings (SSSR count). The van der Waals surface area contributed by atoms with Crippen molar-refractivity contribution in [1.29, 1.82) is 0 Å². The first kappa shape index (κ1) is 65.3. The van der Waals surface area contributed by atoms with Crippen molar-refractivity contribution in [2.24, 2.45) is 46.8 Å². The van der Waals surface area contributed by atoms with E-state index in [4.69, 9.17) is 17.2 Å². The Labute approximate surface area is 522 Å². The molecule has 0 spiro atoms. The molecule has 12 atom stereocenters. The molecule has 19 N–H and O–H groups in total. The highest BCUT2D eigenvalue weighted by Crippen LogP contribution is 2.58. The molecule has 27 heteroatoms. The van der Waals surface area contributed by atoms with Crippen molar-refractivity contribution in [3.63, 3.8) is 0 Å². The first-order chi connectivity index (χ1) is 42.7. The van der Waals surface area contributed by atoms with Gasteiger partial charge in [-0.1, -0.05) is 36.4 Å². The highest BCUT2D eigenvalue weighted by atomic mass is 16.4. The maximum atomic E-state index is 13.7. The van der Waals surface area contributed by atoms with Gasteiger partial charge >= 0.3 is 0 Å². The molecule has 8 aliphatic carbocycles. The molecule has 0 heterocycles. The van der Waals surface area contributed by atoms with E-state index in [1.807, 2.05) is 0 Å². The molecule has 0 radical (unpaired) electrons. The van der Waals surface area contributed by atoms with Gasteiger partial charge in [0.05, 0.1) is 45.8 Å². The van der Waals surface area contributed by atoms with Crippen molar-refractivity contribution in [1.82, 2.24) is 9.80 Å². The summed E-state index contributed by atoms with van der Waals surface area (Å²) in [5.41, 5.74) is 5.67. The molecule has 0 unspecified atom stereocenters. The highest BCUT2D eigenvalue weighted by molar-refractivity contribution is 6.27. The number of nitrogens with two attached hydrogens (primary N) is 3. The molecular formula is C65H67N5O22. The third-order valence-electron chi connectivity index (χ3n) is 20.0. The maximum absolute atomic E-state index is 13.7.